The van der Waals surface area contributed by atoms with E-state index in [2.05, 4.69) is 31.5 Å². The second kappa shape index (κ2) is 14.3. The summed E-state index contributed by atoms with van der Waals surface area (Å²) in [7, 11) is -3.68. The number of carbonyl (C=O) groups excluding carboxylic acids is 3. The monoisotopic (exact) mass is 805 g/mol. The van der Waals surface area contributed by atoms with Gasteiger partial charge in [0.05, 0.1) is 4.90 Å². The van der Waals surface area contributed by atoms with Crippen molar-refractivity contribution in [3.8, 4) is 0 Å². The molecular formula is C42H47N9O6S. The molecule has 3 amide bonds. The number of piperidine rings is 2. The fourth-order valence-corrected chi connectivity index (χ4v) is 11.7. The zero-order valence-electron chi connectivity index (χ0n) is 32.3. The smallest absolute Gasteiger partial charge is 0.255 e. The molecule has 16 heteroatoms. The van der Waals surface area contributed by atoms with Crippen LogP contribution in [-0.4, -0.2) is 106 Å². The van der Waals surface area contributed by atoms with Crippen molar-refractivity contribution in [3.63, 3.8) is 0 Å². The number of carbonyl (C=O) groups is 3. The number of imide groups is 1. The first kappa shape index (κ1) is 37.1. The third kappa shape index (κ3) is 6.64. The summed E-state index contributed by atoms with van der Waals surface area (Å²) in [5.74, 6) is -0.405. The maximum atomic E-state index is 13.8. The van der Waals surface area contributed by atoms with E-state index in [0.29, 0.717) is 67.5 Å². The first-order valence-electron chi connectivity index (χ1n) is 20.5. The second-order valence-corrected chi connectivity index (χ2v) is 19.1. The van der Waals surface area contributed by atoms with Crippen molar-refractivity contribution in [2.45, 2.75) is 87.5 Å². The van der Waals surface area contributed by atoms with Gasteiger partial charge in [-0.15, -0.1) is 0 Å². The lowest BCUT2D eigenvalue weighted by Gasteiger charge is -2.61. The van der Waals surface area contributed by atoms with E-state index in [1.165, 1.54) is 0 Å². The Hall–Kier alpha value is -5.19. The maximum Gasteiger partial charge on any atom is 0.255 e. The lowest BCUT2D eigenvalue weighted by atomic mass is 9.72. The normalized spacial score (nSPS) is 23.0. The van der Waals surface area contributed by atoms with Gasteiger partial charge in [0.1, 0.15) is 11.7 Å². The van der Waals surface area contributed by atoms with Gasteiger partial charge in [-0.1, -0.05) is 25.0 Å². The highest BCUT2D eigenvalue weighted by atomic mass is 32.2. The van der Waals surface area contributed by atoms with Crippen LogP contribution in [-0.2, 0) is 32.7 Å². The molecule has 15 nitrogen and oxygen atoms in total. The molecule has 2 aromatic heterocycles. The molecule has 4 saturated heterocycles. The molecule has 0 radical (unpaired) electrons. The Kier molecular flexibility index (Phi) is 9.13. The van der Waals surface area contributed by atoms with Crippen LogP contribution in [0.5, 0.6) is 0 Å². The molecule has 2 aromatic carbocycles. The van der Waals surface area contributed by atoms with Gasteiger partial charge in [-0.2, -0.15) is 9.29 Å². The average Bonchev–Trinajstić information content (AvgIpc) is 3.83. The molecule has 1 atom stereocenters. The Balaban J connectivity index is 0.717. The molecule has 302 valence electrons. The van der Waals surface area contributed by atoms with Gasteiger partial charge in [-0.3, -0.25) is 34.0 Å². The molecular weight excluding hydrogens is 759 g/mol. The number of pyridine rings is 1. The van der Waals surface area contributed by atoms with Crippen molar-refractivity contribution < 1.29 is 22.8 Å². The Morgan fingerprint density at radius 2 is 1.67 bits per heavy atom. The largest absolute Gasteiger partial charge is 0.370 e. The van der Waals surface area contributed by atoms with E-state index in [0.717, 1.165) is 74.1 Å². The number of aromatic nitrogens is 3. The summed E-state index contributed by atoms with van der Waals surface area (Å²) in [4.78, 5) is 65.9. The highest BCUT2D eigenvalue weighted by Crippen LogP contribution is 2.43. The van der Waals surface area contributed by atoms with E-state index < -0.39 is 22.0 Å². The summed E-state index contributed by atoms with van der Waals surface area (Å²) < 4.78 is 31.1. The second-order valence-electron chi connectivity index (χ2n) is 17.2. The van der Waals surface area contributed by atoms with Crippen molar-refractivity contribution in [1.29, 1.82) is 0 Å². The van der Waals surface area contributed by atoms with Crippen molar-refractivity contribution >= 4 is 50.4 Å². The minimum absolute atomic E-state index is 0.00835. The summed E-state index contributed by atoms with van der Waals surface area (Å²) in [6, 6.07) is 16.1. The lowest BCUT2D eigenvalue weighted by Crippen LogP contribution is -2.71. The molecule has 1 aliphatic carbocycles. The molecule has 5 aliphatic heterocycles. The number of anilines is 2. The predicted octanol–water partition coefficient (Wildman–Crippen LogP) is 3.26. The summed E-state index contributed by atoms with van der Waals surface area (Å²) in [6.45, 7) is 5.46. The molecule has 4 aromatic rings. The highest BCUT2D eigenvalue weighted by molar-refractivity contribution is 7.89. The third-order valence-corrected chi connectivity index (χ3v) is 15.0. The first-order valence-corrected chi connectivity index (χ1v) is 21.9. The van der Waals surface area contributed by atoms with Gasteiger partial charge in [0, 0.05) is 105 Å². The topological polar surface area (TPSA) is 170 Å². The van der Waals surface area contributed by atoms with Crippen LogP contribution < -0.4 is 21.1 Å². The number of nitrogens with zero attached hydrogens (tertiary/aromatic N) is 7. The molecule has 10 rings (SSSR count). The molecule has 1 unspecified atom stereocenters. The van der Waals surface area contributed by atoms with Gasteiger partial charge in [-0.05, 0) is 79.6 Å². The van der Waals surface area contributed by atoms with Gasteiger partial charge >= 0.3 is 0 Å². The average molecular weight is 806 g/mol. The van der Waals surface area contributed by atoms with E-state index in [9.17, 15) is 27.6 Å². The molecule has 0 bridgehead atoms. The quantitative estimate of drug-likeness (QED) is 0.238. The van der Waals surface area contributed by atoms with Crippen LogP contribution in [0, 0.1) is 5.41 Å². The molecule has 58 heavy (non-hydrogen) atoms. The Morgan fingerprint density at radius 1 is 0.879 bits per heavy atom. The molecule has 5 fully saturated rings. The minimum atomic E-state index is -3.68. The van der Waals surface area contributed by atoms with Gasteiger partial charge in [0.25, 0.3) is 11.5 Å². The number of benzene rings is 2. The van der Waals surface area contributed by atoms with Crippen LogP contribution in [0.15, 0.2) is 70.5 Å². The van der Waals surface area contributed by atoms with Crippen molar-refractivity contribution in [3.05, 3.63) is 87.8 Å². The van der Waals surface area contributed by atoms with Crippen molar-refractivity contribution in [2.24, 2.45) is 5.41 Å². The molecule has 2 N–H and O–H groups in total. The van der Waals surface area contributed by atoms with Gasteiger partial charge in [0.15, 0.2) is 0 Å². The van der Waals surface area contributed by atoms with Crippen LogP contribution in [0.3, 0.4) is 0 Å². The lowest BCUT2D eigenvalue weighted by molar-refractivity contribution is -0.136. The summed E-state index contributed by atoms with van der Waals surface area (Å²) in [5.41, 5.74) is 4.35. The number of amides is 3. The van der Waals surface area contributed by atoms with E-state index in [1.54, 1.807) is 33.6 Å². The number of sulfonamides is 1. The zero-order valence-corrected chi connectivity index (χ0v) is 33.1. The number of hydrogen-bond donors (Lipinski definition) is 2. The van der Waals surface area contributed by atoms with Gasteiger partial charge in [-0.25, -0.2) is 13.4 Å². The van der Waals surface area contributed by atoms with Crippen LogP contribution >= 0.6 is 0 Å². The van der Waals surface area contributed by atoms with Crippen LogP contribution in [0.2, 0.25) is 0 Å². The van der Waals surface area contributed by atoms with E-state index >= 15 is 0 Å². The minimum Gasteiger partial charge on any atom is -0.370 e. The maximum absolute atomic E-state index is 13.8. The summed E-state index contributed by atoms with van der Waals surface area (Å²) in [5, 5.41) is 6.61. The number of rotatable bonds is 9. The molecule has 7 heterocycles. The SMILES string of the molecule is O=C1CCC(N2Cc3cc(N4CC5(CN(Cc6cccc(S(=O)(=O)N7CCC(Nc8ncc9ccc(=O)n(C%10CCCC%10)c9n8)CC7)c6)C5)C4)ccc3C2=O)C(=O)N1. The number of fused-ring (bicyclic) bond motifs is 2. The molecule has 6 aliphatic rings. The summed E-state index contributed by atoms with van der Waals surface area (Å²) in [6.07, 6.45) is 7.72. The number of likely N-dealkylation sites (tertiary alicyclic amines) is 1. The Labute approximate surface area is 336 Å². The van der Waals surface area contributed by atoms with E-state index in [4.69, 9.17) is 4.98 Å². The van der Waals surface area contributed by atoms with E-state index in [1.807, 2.05) is 34.9 Å². The highest BCUT2D eigenvalue weighted by Gasteiger charge is 2.52. The summed E-state index contributed by atoms with van der Waals surface area (Å²) >= 11 is 0. The molecule has 1 spiro atoms. The van der Waals surface area contributed by atoms with Crippen LogP contribution in [0.1, 0.15) is 78.9 Å². The zero-order chi connectivity index (χ0) is 39.8. The standard InChI is InChI=1S/C42H47N9O6S/c52-36-12-11-35(39(54)45-36)50-22-29-19-32(9-10-34(29)40(50)55)48-25-42(26-48)23-47(24-42)21-27-4-3-7-33(18-27)58(56,57)49-16-14-30(15-17-49)44-41-43-20-28-8-13-37(53)51(38(28)46-41)31-5-1-2-6-31/h3-4,7-10,13,18-20,30-31,35H,1-2,5-6,11-12,14-17,21-26H2,(H,43,44,46)(H,45,52,54). The first-order chi connectivity index (χ1) is 28.0. The fraction of sp³-hybridized carbons (Fsp3) is 0.476. The van der Waals surface area contributed by atoms with Crippen molar-refractivity contribution in [2.75, 3.05) is 49.5 Å². The van der Waals surface area contributed by atoms with Gasteiger partial charge in [0.2, 0.25) is 27.8 Å². The van der Waals surface area contributed by atoms with Crippen LogP contribution in [0.25, 0.3) is 11.0 Å². The van der Waals surface area contributed by atoms with Gasteiger partial charge < -0.3 is 15.1 Å². The predicted molar refractivity (Wildman–Crippen MR) is 216 cm³/mol. The Morgan fingerprint density at radius 3 is 2.45 bits per heavy atom. The van der Waals surface area contributed by atoms with E-state index in [-0.39, 0.29) is 41.3 Å². The third-order valence-electron chi connectivity index (χ3n) is 13.1. The van der Waals surface area contributed by atoms with Crippen LogP contribution in [0.4, 0.5) is 11.6 Å². The Bertz CT molecular complexity index is 2500. The number of nitrogens with one attached hydrogen (secondary N) is 2. The fourth-order valence-electron chi connectivity index (χ4n) is 10.2. The molecule has 1 saturated carbocycles. The van der Waals surface area contributed by atoms with Crippen molar-refractivity contribution in [1.82, 2.24) is 34.0 Å². The number of hydrogen-bond acceptors (Lipinski definition) is 11.